The zero-order valence-corrected chi connectivity index (χ0v) is 9.54. The monoisotopic (exact) mass is 225 g/mol. The molecule has 1 aliphatic heterocycles. The van der Waals surface area contributed by atoms with E-state index in [1.54, 1.807) is 12.5 Å². The Morgan fingerprint density at radius 2 is 2.56 bits per heavy atom. The third kappa shape index (κ3) is 2.11. The predicted molar refractivity (Wildman–Crippen MR) is 59.9 cm³/mol. The van der Waals surface area contributed by atoms with Gasteiger partial charge in [0.2, 0.25) is 0 Å². The summed E-state index contributed by atoms with van der Waals surface area (Å²) in [5, 5.41) is 9.08. The van der Waals surface area contributed by atoms with Crippen molar-refractivity contribution in [3.63, 3.8) is 0 Å². The lowest BCUT2D eigenvalue weighted by atomic mass is 10.1. The van der Waals surface area contributed by atoms with Crippen LogP contribution in [0.4, 0.5) is 0 Å². The maximum absolute atomic E-state index is 9.08. The number of imidazole rings is 1. The van der Waals surface area contributed by atoms with Gasteiger partial charge in [0.25, 0.3) is 0 Å². The first-order valence-electron chi connectivity index (χ1n) is 5.73. The normalized spacial score (nSPS) is 24.6. The molecular weight excluding hydrogens is 206 g/mol. The lowest BCUT2D eigenvalue weighted by Gasteiger charge is -2.23. The van der Waals surface area contributed by atoms with Gasteiger partial charge in [-0.05, 0) is 19.8 Å². The maximum atomic E-state index is 9.08. The van der Waals surface area contributed by atoms with E-state index in [0.29, 0.717) is 0 Å². The Kier molecular flexibility index (Phi) is 3.58. The number of nitrogens with two attached hydrogens (primary N) is 1. The molecule has 1 saturated heterocycles. The molecule has 3 unspecified atom stereocenters. The van der Waals surface area contributed by atoms with Crippen LogP contribution in [0.3, 0.4) is 0 Å². The summed E-state index contributed by atoms with van der Waals surface area (Å²) in [4.78, 5) is 4.10. The lowest BCUT2D eigenvalue weighted by Crippen LogP contribution is -2.26. The molecule has 0 radical (unpaired) electrons. The molecule has 3 N–H and O–H groups in total. The van der Waals surface area contributed by atoms with Gasteiger partial charge in [-0.3, -0.25) is 0 Å². The van der Waals surface area contributed by atoms with Crippen molar-refractivity contribution in [3.05, 3.63) is 18.2 Å². The summed E-state index contributed by atoms with van der Waals surface area (Å²) in [7, 11) is 0. The SMILES string of the molecule is CC(C1CCCO1)n1cncc1C(N)CO. The Morgan fingerprint density at radius 1 is 1.75 bits per heavy atom. The van der Waals surface area contributed by atoms with Gasteiger partial charge in [0.15, 0.2) is 0 Å². The minimum absolute atomic E-state index is 0.0655. The van der Waals surface area contributed by atoms with Crippen molar-refractivity contribution in [1.29, 1.82) is 0 Å². The van der Waals surface area contributed by atoms with Gasteiger partial charge in [0.05, 0.1) is 36.8 Å². The third-order valence-corrected chi connectivity index (χ3v) is 3.21. The molecule has 1 aromatic rings. The lowest BCUT2D eigenvalue weighted by molar-refractivity contribution is 0.0716. The minimum atomic E-state index is -0.369. The Balaban J connectivity index is 2.15. The molecule has 0 aromatic carbocycles. The van der Waals surface area contributed by atoms with E-state index in [1.165, 1.54) is 0 Å². The summed E-state index contributed by atoms with van der Waals surface area (Å²) >= 11 is 0. The molecule has 5 nitrogen and oxygen atoms in total. The quantitative estimate of drug-likeness (QED) is 0.787. The highest BCUT2D eigenvalue weighted by Crippen LogP contribution is 2.26. The standard InChI is InChI=1S/C11H19N3O2/c1-8(11-3-2-4-16-11)14-7-13-5-10(14)9(12)6-15/h5,7-9,11,15H,2-4,6,12H2,1H3. The maximum Gasteiger partial charge on any atom is 0.0952 e. The number of hydrogen-bond acceptors (Lipinski definition) is 4. The number of aliphatic hydroxyl groups excluding tert-OH is 1. The van der Waals surface area contributed by atoms with E-state index in [1.807, 2.05) is 4.57 Å². The van der Waals surface area contributed by atoms with Crippen molar-refractivity contribution >= 4 is 0 Å². The molecule has 0 spiro atoms. The van der Waals surface area contributed by atoms with E-state index in [2.05, 4.69) is 11.9 Å². The second-order valence-corrected chi connectivity index (χ2v) is 4.31. The molecule has 16 heavy (non-hydrogen) atoms. The highest BCUT2D eigenvalue weighted by atomic mass is 16.5. The molecule has 0 bridgehead atoms. The van der Waals surface area contributed by atoms with Crippen LogP contribution in [0.15, 0.2) is 12.5 Å². The van der Waals surface area contributed by atoms with Crippen LogP contribution >= 0.6 is 0 Å². The first-order chi connectivity index (χ1) is 7.74. The zero-order valence-electron chi connectivity index (χ0n) is 9.54. The van der Waals surface area contributed by atoms with E-state index >= 15 is 0 Å². The van der Waals surface area contributed by atoms with Crippen molar-refractivity contribution in [3.8, 4) is 0 Å². The fourth-order valence-corrected chi connectivity index (χ4v) is 2.20. The van der Waals surface area contributed by atoms with Gasteiger partial charge in [0, 0.05) is 12.8 Å². The van der Waals surface area contributed by atoms with E-state index in [4.69, 9.17) is 15.6 Å². The van der Waals surface area contributed by atoms with Gasteiger partial charge < -0.3 is 20.1 Å². The van der Waals surface area contributed by atoms with Crippen LogP contribution in [0.2, 0.25) is 0 Å². The van der Waals surface area contributed by atoms with Crippen LogP contribution in [0.5, 0.6) is 0 Å². The number of rotatable bonds is 4. The highest BCUT2D eigenvalue weighted by Gasteiger charge is 2.25. The van der Waals surface area contributed by atoms with Gasteiger partial charge in [0.1, 0.15) is 0 Å². The zero-order chi connectivity index (χ0) is 11.5. The largest absolute Gasteiger partial charge is 0.394 e. The fraction of sp³-hybridized carbons (Fsp3) is 0.727. The number of aromatic nitrogens is 2. The van der Waals surface area contributed by atoms with Crippen LogP contribution in [0, 0.1) is 0 Å². The summed E-state index contributed by atoms with van der Waals surface area (Å²) in [6, 6.07) is -0.149. The summed E-state index contributed by atoms with van der Waals surface area (Å²) < 4.78 is 7.67. The summed E-state index contributed by atoms with van der Waals surface area (Å²) in [6.07, 6.45) is 5.90. The molecule has 3 atom stereocenters. The topological polar surface area (TPSA) is 73.3 Å². The summed E-state index contributed by atoms with van der Waals surface area (Å²) in [6.45, 7) is 2.88. The van der Waals surface area contributed by atoms with Crippen LogP contribution in [0.1, 0.15) is 37.5 Å². The third-order valence-electron chi connectivity index (χ3n) is 3.21. The second kappa shape index (κ2) is 4.95. The van der Waals surface area contributed by atoms with Crippen molar-refractivity contribution < 1.29 is 9.84 Å². The molecule has 0 amide bonds. The first-order valence-corrected chi connectivity index (χ1v) is 5.73. The van der Waals surface area contributed by atoms with Gasteiger partial charge in [-0.1, -0.05) is 0 Å². The number of aliphatic hydroxyl groups is 1. The van der Waals surface area contributed by atoms with E-state index in [0.717, 1.165) is 25.1 Å². The molecule has 2 rings (SSSR count). The molecule has 2 heterocycles. The summed E-state index contributed by atoms with van der Waals surface area (Å²) in [5.41, 5.74) is 6.69. The Hall–Kier alpha value is -0.910. The predicted octanol–water partition coefficient (Wildman–Crippen LogP) is 0.615. The molecule has 1 aliphatic rings. The van der Waals surface area contributed by atoms with E-state index in [-0.39, 0.29) is 24.8 Å². The van der Waals surface area contributed by atoms with Gasteiger partial charge in [-0.2, -0.15) is 0 Å². The van der Waals surface area contributed by atoms with Gasteiger partial charge >= 0.3 is 0 Å². The number of hydrogen-bond donors (Lipinski definition) is 2. The summed E-state index contributed by atoms with van der Waals surface area (Å²) in [5.74, 6) is 0. The molecule has 1 fully saturated rings. The number of nitrogens with zero attached hydrogens (tertiary/aromatic N) is 2. The Morgan fingerprint density at radius 3 is 3.19 bits per heavy atom. The van der Waals surface area contributed by atoms with Crippen LogP contribution in [-0.2, 0) is 4.74 Å². The minimum Gasteiger partial charge on any atom is -0.394 e. The van der Waals surface area contributed by atoms with E-state index in [9.17, 15) is 0 Å². The molecule has 0 aliphatic carbocycles. The van der Waals surface area contributed by atoms with Crippen molar-refractivity contribution in [2.24, 2.45) is 5.73 Å². The first kappa shape index (κ1) is 11.6. The van der Waals surface area contributed by atoms with Crippen LogP contribution < -0.4 is 5.73 Å². The van der Waals surface area contributed by atoms with Gasteiger partial charge in [-0.15, -0.1) is 0 Å². The Bertz CT molecular complexity index is 334. The average Bonchev–Trinajstić information content (AvgIpc) is 2.97. The molecule has 0 saturated carbocycles. The molecule has 5 heteroatoms. The average molecular weight is 225 g/mol. The van der Waals surface area contributed by atoms with Crippen LogP contribution in [-0.4, -0.2) is 34.0 Å². The smallest absolute Gasteiger partial charge is 0.0952 e. The fourth-order valence-electron chi connectivity index (χ4n) is 2.20. The second-order valence-electron chi connectivity index (χ2n) is 4.31. The van der Waals surface area contributed by atoms with Crippen LogP contribution in [0.25, 0.3) is 0 Å². The number of ether oxygens (including phenoxy) is 1. The van der Waals surface area contributed by atoms with Crippen molar-refractivity contribution in [1.82, 2.24) is 9.55 Å². The van der Waals surface area contributed by atoms with Crippen molar-refractivity contribution in [2.75, 3.05) is 13.2 Å². The highest BCUT2D eigenvalue weighted by molar-refractivity contribution is 5.06. The van der Waals surface area contributed by atoms with Gasteiger partial charge in [-0.25, -0.2) is 4.98 Å². The molecular formula is C11H19N3O2. The van der Waals surface area contributed by atoms with Crippen molar-refractivity contribution in [2.45, 2.75) is 38.0 Å². The molecule has 90 valence electrons. The Labute approximate surface area is 95.2 Å². The molecule has 1 aromatic heterocycles. The van der Waals surface area contributed by atoms with E-state index < -0.39 is 0 Å².